The molecule has 7 heteroatoms. The molecule has 5 nitrogen and oxygen atoms in total. The molecule has 0 radical (unpaired) electrons. The van der Waals surface area contributed by atoms with Gasteiger partial charge in [0.25, 0.3) is 0 Å². The van der Waals surface area contributed by atoms with Gasteiger partial charge in [0, 0.05) is 23.1 Å². The van der Waals surface area contributed by atoms with Crippen molar-refractivity contribution in [2.45, 2.75) is 6.92 Å². The maximum atomic E-state index is 13.3. The number of thiazole rings is 1. The van der Waals surface area contributed by atoms with E-state index in [0.29, 0.717) is 18.0 Å². The van der Waals surface area contributed by atoms with E-state index in [0.717, 1.165) is 21.6 Å². The number of hydrogen-bond acceptors (Lipinski definition) is 5. The van der Waals surface area contributed by atoms with Crippen molar-refractivity contribution in [1.82, 2.24) is 4.68 Å². The standard InChI is InChI=1S/C20H20FN3O2S/c1-4-22-20-24(17(13-27-20)14-8-10-16(21)11-9-14)23-12-15-6-5-7-18(25-2)19(15)26-3/h5-13H,4H2,1-3H3/b22-20?,23-12-. The van der Waals surface area contributed by atoms with Crippen molar-refractivity contribution in [3.05, 3.63) is 64.0 Å². The predicted molar refractivity (Wildman–Crippen MR) is 106 cm³/mol. The summed E-state index contributed by atoms with van der Waals surface area (Å²) >= 11 is 1.49. The van der Waals surface area contributed by atoms with E-state index in [4.69, 9.17) is 9.47 Å². The molecule has 0 amide bonds. The second-order valence-electron chi connectivity index (χ2n) is 5.52. The molecule has 0 saturated carbocycles. The van der Waals surface area contributed by atoms with Crippen LogP contribution in [-0.2, 0) is 0 Å². The minimum atomic E-state index is -0.274. The zero-order valence-electron chi connectivity index (χ0n) is 15.3. The van der Waals surface area contributed by atoms with E-state index in [1.165, 1.54) is 23.5 Å². The molecule has 0 fully saturated rings. The first kappa shape index (κ1) is 18.8. The predicted octanol–water partition coefficient (Wildman–Crippen LogP) is 4.18. The largest absolute Gasteiger partial charge is 0.493 e. The lowest BCUT2D eigenvalue weighted by molar-refractivity contribution is 0.354. The molecule has 0 N–H and O–H groups in total. The summed E-state index contributed by atoms with van der Waals surface area (Å²) in [7, 11) is 3.19. The molecule has 3 aromatic rings. The maximum Gasteiger partial charge on any atom is 0.206 e. The Bertz CT molecular complexity index is 1010. The Morgan fingerprint density at radius 2 is 1.89 bits per heavy atom. The third kappa shape index (κ3) is 4.09. The lowest BCUT2D eigenvalue weighted by atomic mass is 10.2. The Labute approximate surface area is 161 Å². The van der Waals surface area contributed by atoms with Crippen LogP contribution < -0.4 is 14.3 Å². The lowest BCUT2D eigenvalue weighted by Crippen LogP contribution is -2.12. The number of benzene rings is 2. The zero-order chi connectivity index (χ0) is 19.2. The first-order valence-electron chi connectivity index (χ1n) is 8.40. The van der Waals surface area contributed by atoms with E-state index in [9.17, 15) is 4.39 Å². The Hall–Kier alpha value is -2.93. The van der Waals surface area contributed by atoms with E-state index in [-0.39, 0.29) is 5.82 Å². The van der Waals surface area contributed by atoms with Gasteiger partial charge in [-0.15, -0.1) is 11.3 Å². The molecule has 0 unspecified atom stereocenters. The average Bonchev–Trinajstić information content (AvgIpc) is 3.09. The van der Waals surface area contributed by atoms with Gasteiger partial charge in [0.15, 0.2) is 11.5 Å². The summed E-state index contributed by atoms with van der Waals surface area (Å²) < 4.78 is 25.8. The Morgan fingerprint density at radius 1 is 1.11 bits per heavy atom. The van der Waals surface area contributed by atoms with Gasteiger partial charge >= 0.3 is 0 Å². The van der Waals surface area contributed by atoms with Crippen molar-refractivity contribution in [3.63, 3.8) is 0 Å². The zero-order valence-corrected chi connectivity index (χ0v) is 16.2. The molecule has 140 valence electrons. The molecule has 0 saturated heterocycles. The molecular weight excluding hydrogens is 365 g/mol. The van der Waals surface area contributed by atoms with Crippen molar-refractivity contribution in [3.8, 4) is 22.8 Å². The number of halogens is 1. The molecule has 0 spiro atoms. The Morgan fingerprint density at radius 3 is 2.56 bits per heavy atom. The minimum absolute atomic E-state index is 0.274. The van der Waals surface area contributed by atoms with Crippen LogP contribution in [0, 0.1) is 5.82 Å². The van der Waals surface area contributed by atoms with Crippen molar-refractivity contribution in [2.24, 2.45) is 10.1 Å². The van der Waals surface area contributed by atoms with Crippen molar-refractivity contribution >= 4 is 17.6 Å². The third-order valence-corrected chi connectivity index (χ3v) is 4.72. The van der Waals surface area contributed by atoms with E-state index in [2.05, 4.69) is 10.1 Å². The molecular formula is C20H20FN3O2S. The molecule has 1 aromatic heterocycles. The van der Waals surface area contributed by atoms with Crippen LogP contribution in [0.1, 0.15) is 12.5 Å². The number of methoxy groups -OCH3 is 2. The Balaban J connectivity index is 2.09. The Kier molecular flexibility index (Phi) is 6.03. The summed E-state index contributed by atoms with van der Waals surface area (Å²) in [6.07, 6.45) is 1.70. The summed E-state index contributed by atoms with van der Waals surface area (Å²) in [5.41, 5.74) is 2.48. The number of nitrogens with zero attached hydrogens (tertiary/aromatic N) is 3. The van der Waals surface area contributed by atoms with Crippen LogP contribution in [0.4, 0.5) is 4.39 Å². The van der Waals surface area contributed by atoms with Crippen LogP contribution in [0.5, 0.6) is 11.5 Å². The van der Waals surface area contributed by atoms with Gasteiger partial charge in [0.1, 0.15) is 5.82 Å². The maximum absolute atomic E-state index is 13.3. The first-order valence-corrected chi connectivity index (χ1v) is 9.28. The normalized spacial score (nSPS) is 11.9. The van der Waals surface area contributed by atoms with E-state index in [1.54, 1.807) is 37.2 Å². The lowest BCUT2D eigenvalue weighted by Gasteiger charge is -2.09. The van der Waals surface area contributed by atoms with E-state index in [1.807, 2.05) is 30.5 Å². The average molecular weight is 385 g/mol. The third-order valence-electron chi connectivity index (χ3n) is 3.86. The fourth-order valence-corrected chi connectivity index (χ4v) is 3.51. The summed E-state index contributed by atoms with van der Waals surface area (Å²) in [5.74, 6) is 0.967. The number of aromatic nitrogens is 1. The van der Waals surface area contributed by atoms with Gasteiger partial charge in [-0.2, -0.15) is 5.10 Å². The van der Waals surface area contributed by atoms with Crippen LogP contribution in [0.3, 0.4) is 0 Å². The molecule has 1 heterocycles. The van der Waals surface area contributed by atoms with Crippen LogP contribution in [0.15, 0.2) is 57.9 Å². The summed E-state index contributed by atoms with van der Waals surface area (Å²) in [5, 5.41) is 6.58. The SMILES string of the molecule is CCN=c1scc(-c2ccc(F)cc2)n1/N=C\c1cccc(OC)c1OC. The molecule has 0 bridgehead atoms. The van der Waals surface area contributed by atoms with Crippen LogP contribution >= 0.6 is 11.3 Å². The second kappa shape index (κ2) is 8.64. The fraction of sp³-hybridized carbons (Fsp3) is 0.200. The highest BCUT2D eigenvalue weighted by Gasteiger charge is 2.10. The van der Waals surface area contributed by atoms with Gasteiger partial charge in [-0.3, -0.25) is 4.99 Å². The van der Waals surface area contributed by atoms with Crippen LogP contribution in [-0.4, -0.2) is 31.7 Å². The summed E-state index contributed by atoms with van der Waals surface area (Å²) in [4.78, 5) is 5.26. The van der Waals surface area contributed by atoms with Gasteiger partial charge in [-0.05, 0) is 43.3 Å². The number of ether oxygens (including phenoxy) is 2. The quantitative estimate of drug-likeness (QED) is 0.598. The molecule has 0 aliphatic rings. The number of rotatable bonds is 6. The van der Waals surface area contributed by atoms with Crippen LogP contribution in [0.2, 0.25) is 0 Å². The highest BCUT2D eigenvalue weighted by Crippen LogP contribution is 2.29. The molecule has 27 heavy (non-hydrogen) atoms. The molecule has 3 rings (SSSR count). The second-order valence-corrected chi connectivity index (χ2v) is 6.36. The van der Waals surface area contributed by atoms with Crippen molar-refractivity contribution in [1.29, 1.82) is 0 Å². The smallest absolute Gasteiger partial charge is 0.206 e. The molecule has 0 aliphatic heterocycles. The van der Waals surface area contributed by atoms with Gasteiger partial charge in [0.2, 0.25) is 4.80 Å². The number of para-hydroxylation sites is 1. The monoisotopic (exact) mass is 385 g/mol. The molecule has 2 aromatic carbocycles. The van der Waals surface area contributed by atoms with Gasteiger partial charge in [0.05, 0.1) is 26.1 Å². The van der Waals surface area contributed by atoms with Crippen molar-refractivity contribution < 1.29 is 13.9 Å². The van der Waals surface area contributed by atoms with Gasteiger partial charge in [-0.25, -0.2) is 9.07 Å². The van der Waals surface area contributed by atoms with E-state index < -0.39 is 0 Å². The molecule has 0 atom stereocenters. The van der Waals surface area contributed by atoms with E-state index >= 15 is 0 Å². The number of hydrogen-bond donors (Lipinski definition) is 0. The minimum Gasteiger partial charge on any atom is -0.493 e. The highest BCUT2D eigenvalue weighted by molar-refractivity contribution is 7.07. The topological polar surface area (TPSA) is 48.1 Å². The molecule has 0 aliphatic carbocycles. The van der Waals surface area contributed by atoms with Crippen LogP contribution in [0.25, 0.3) is 11.3 Å². The van der Waals surface area contributed by atoms with Gasteiger partial charge in [-0.1, -0.05) is 6.07 Å². The summed E-state index contributed by atoms with van der Waals surface area (Å²) in [6.45, 7) is 2.61. The van der Waals surface area contributed by atoms with Crippen molar-refractivity contribution in [2.75, 3.05) is 20.8 Å². The summed E-state index contributed by atoms with van der Waals surface area (Å²) in [6, 6.07) is 11.9. The van der Waals surface area contributed by atoms with Gasteiger partial charge < -0.3 is 9.47 Å². The fourth-order valence-electron chi connectivity index (χ4n) is 2.61. The highest BCUT2D eigenvalue weighted by atomic mass is 32.1. The first-order chi connectivity index (χ1) is 13.2.